The van der Waals surface area contributed by atoms with Gasteiger partial charge in [0.05, 0.1) is 0 Å². The van der Waals surface area contributed by atoms with Gasteiger partial charge in [-0.2, -0.15) is 15.0 Å². The summed E-state index contributed by atoms with van der Waals surface area (Å²) in [7, 11) is 0. The number of ether oxygens (including phenoxy) is 1. The van der Waals surface area contributed by atoms with Gasteiger partial charge in [0.25, 0.3) is 0 Å². The lowest BCUT2D eigenvalue weighted by Crippen LogP contribution is -2.08. The molecule has 1 N–H and O–H groups in total. The van der Waals surface area contributed by atoms with Gasteiger partial charge in [-0.05, 0) is 18.0 Å². The van der Waals surface area contributed by atoms with Gasteiger partial charge in [0, 0.05) is 13.0 Å². The third kappa shape index (κ3) is 4.32. The smallest absolute Gasteiger partial charge is 0.322 e. The van der Waals surface area contributed by atoms with E-state index in [0.29, 0.717) is 19.0 Å². The summed E-state index contributed by atoms with van der Waals surface area (Å²) in [5, 5.41) is 3.10. The number of rotatable bonds is 6. The molecule has 0 aliphatic rings. The Morgan fingerprint density at radius 3 is 2.94 bits per heavy atom. The van der Waals surface area contributed by atoms with Gasteiger partial charge in [0.2, 0.25) is 11.2 Å². The van der Waals surface area contributed by atoms with E-state index in [-0.39, 0.29) is 11.3 Å². The van der Waals surface area contributed by atoms with E-state index in [4.69, 9.17) is 22.8 Å². The number of nitrogens with one attached hydrogen (secondary N) is 1. The molecular formula is C10H13ClN4O. The van der Waals surface area contributed by atoms with E-state index in [1.165, 1.54) is 0 Å². The van der Waals surface area contributed by atoms with Crippen LogP contribution in [0.3, 0.4) is 0 Å². The third-order valence-corrected chi connectivity index (χ3v) is 1.77. The number of hydrogen-bond donors (Lipinski definition) is 1. The average Bonchev–Trinajstić information content (AvgIpc) is 2.26. The molecule has 0 atom stereocenters. The van der Waals surface area contributed by atoms with Gasteiger partial charge in [-0.15, -0.1) is 12.3 Å². The van der Waals surface area contributed by atoms with Crippen molar-refractivity contribution >= 4 is 17.5 Å². The SMILES string of the molecule is C#CCCOc1nc(Cl)nc(NCCC)n1. The third-order valence-electron chi connectivity index (χ3n) is 1.60. The minimum absolute atomic E-state index is 0.101. The molecule has 0 amide bonds. The maximum Gasteiger partial charge on any atom is 0.322 e. The van der Waals surface area contributed by atoms with E-state index in [1.807, 2.05) is 6.92 Å². The molecule has 0 saturated heterocycles. The molecule has 6 heteroatoms. The average molecular weight is 241 g/mol. The van der Waals surface area contributed by atoms with Crippen molar-refractivity contribution in [3.05, 3.63) is 5.28 Å². The molecule has 0 aliphatic heterocycles. The summed E-state index contributed by atoms with van der Waals surface area (Å²) >= 11 is 5.72. The predicted molar refractivity (Wildman–Crippen MR) is 62.6 cm³/mol. The van der Waals surface area contributed by atoms with Crippen LogP contribution >= 0.6 is 11.6 Å². The maximum atomic E-state index is 5.72. The molecule has 1 aromatic rings. The summed E-state index contributed by atoms with van der Waals surface area (Å²) in [6.07, 6.45) is 6.57. The zero-order valence-electron chi connectivity index (χ0n) is 9.03. The number of halogens is 1. The quantitative estimate of drug-likeness (QED) is 0.606. The molecule has 16 heavy (non-hydrogen) atoms. The van der Waals surface area contributed by atoms with Crippen LogP contribution in [-0.2, 0) is 0 Å². The van der Waals surface area contributed by atoms with Crippen molar-refractivity contribution < 1.29 is 4.74 Å². The molecule has 0 aromatic carbocycles. The zero-order valence-corrected chi connectivity index (χ0v) is 9.79. The highest BCUT2D eigenvalue weighted by Crippen LogP contribution is 2.11. The van der Waals surface area contributed by atoms with Gasteiger partial charge in [-0.25, -0.2) is 0 Å². The Kier molecular flexibility index (Phi) is 5.37. The standard InChI is InChI=1S/C10H13ClN4O/c1-3-5-7-16-10-14-8(11)13-9(15-10)12-6-4-2/h1H,4-7H2,2H3,(H,12,13,14,15). The van der Waals surface area contributed by atoms with Crippen LogP contribution in [0.15, 0.2) is 0 Å². The van der Waals surface area contributed by atoms with Crippen molar-refractivity contribution in [3.8, 4) is 18.4 Å². The predicted octanol–water partition coefficient (Wildman–Crippen LogP) is 1.75. The van der Waals surface area contributed by atoms with Crippen molar-refractivity contribution in [3.63, 3.8) is 0 Å². The fraction of sp³-hybridized carbons (Fsp3) is 0.500. The molecule has 0 bridgehead atoms. The topological polar surface area (TPSA) is 59.9 Å². The molecule has 86 valence electrons. The lowest BCUT2D eigenvalue weighted by molar-refractivity contribution is 0.300. The number of aromatic nitrogens is 3. The Hall–Kier alpha value is -1.54. The monoisotopic (exact) mass is 240 g/mol. The summed E-state index contributed by atoms with van der Waals surface area (Å²) in [6.45, 7) is 3.17. The summed E-state index contributed by atoms with van der Waals surface area (Å²) in [5.74, 6) is 2.87. The second-order valence-corrected chi connectivity index (χ2v) is 3.28. The number of anilines is 1. The number of terminal acetylenes is 1. The molecule has 0 saturated carbocycles. The van der Waals surface area contributed by atoms with E-state index >= 15 is 0 Å². The van der Waals surface area contributed by atoms with Gasteiger partial charge in [-0.1, -0.05) is 6.92 Å². The second-order valence-electron chi connectivity index (χ2n) is 2.94. The van der Waals surface area contributed by atoms with Crippen molar-refractivity contribution in [1.29, 1.82) is 0 Å². The Morgan fingerprint density at radius 1 is 1.44 bits per heavy atom. The van der Waals surface area contributed by atoms with Crippen molar-refractivity contribution in [2.45, 2.75) is 19.8 Å². The van der Waals surface area contributed by atoms with Crippen LogP contribution in [0.2, 0.25) is 5.28 Å². The van der Waals surface area contributed by atoms with Gasteiger partial charge in [0.1, 0.15) is 6.61 Å². The Morgan fingerprint density at radius 2 is 2.25 bits per heavy atom. The van der Waals surface area contributed by atoms with Crippen LogP contribution in [0.1, 0.15) is 19.8 Å². The molecule has 0 radical (unpaired) electrons. The minimum atomic E-state index is 0.101. The Balaban J connectivity index is 2.62. The molecule has 1 rings (SSSR count). The minimum Gasteiger partial charge on any atom is -0.462 e. The van der Waals surface area contributed by atoms with Crippen molar-refractivity contribution in [2.75, 3.05) is 18.5 Å². The van der Waals surface area contributed by atoms with E-state index in [2.05, 4.69) is 26.2 Å². The zero-order chi connectivity index (χ0) is 11.8. The van der Waals surface area contributed by atoms with Gasteiger partial charge < -0.3 is 10.1 Å². The molecule has 0 aliphatic carbocycles. The first-order valence-electron chi connectivity index (χ1n) is 4.98. The highest BCUT2D eigenvalue weighted by Gasteiger charge is 2.04. The molecule has 0 spiro atoms. The molecular weight excluding hydrogens is 228 g/mol. The van der Waals surface area contributed by atoms with Crippen LogP contribution in [-0.4, -0.2) is 28.1 Å². The summed E-state index contributed by atoms with van der Waals surface area (Å²) in [5.41, 5.74) is 0. The van der Waals surface area contributed by atoms with Crippen LogP contribution in [0, 0.1) is 12.3 Å². The maximum absolute atomic E-state index is 5.72. The Bertz CT molecular complexity index is 378. The van der Waals surface area contributed by atoms with E-state index < -0.39 is 0 Å². The fourth-order valence-electron chi connectivity index (χ4n) is 0.914. The largest absolute Gasteiger partial charge is 0.462 e. The summed E-state index contributed by atoms with van der Waals surface area (Å²) in [4.78, 5) is 11.8. The van der Waals surface area contributed by atoms with Crippen LogP contribution in [0.5, 0.6) is 6.01 Å². The summed E-state index contributed by atoms with van der Waals surface area (Å²) < 4.78 is 5.22. The van der Waals surface area contributed by atoms with Crippen molar-refractivity contribution in [1.82, 2.24) is 15.0 Å². The van der Waals surface area contributed by atoms with Gasteiger partial charge >= 0.3 is 6.01 Å². The van der Waals surface area contributed by atoms with Gasteiger partial charge in [-0.3, -0.25) is 0 Å². The molecule has 1 heterocycles. The first kappa shape index (κ1) is 12.5. The van der Waals surface area contributed by atoms with E-state index in [0.717, 1.165) is 13.0 Å². The highest BCUT2D eigenvalue weighted by molar-refractivity contribution is 6.28. The lowest BCUT2D eigenvalue weighted by atomic mass is 10.5. The van der Waals surface area contributed by atoms with Crippen LogP contribution < -0.4 is 10.1 Å². The number of hydrogen-bond acceptors (Lipinski definition) is 5. The molecule has 5 nitrogen and oxygen atoms in total. The Labute approximate surface area is 99.6 Å². The highest BCUT2D eigenvalue weighted by atomic mass is 35.5. The first-order valence-corrected chi connectivity index (χ1v) is 5.35. The lowest BCUT2D eigenvalue weighted by Gasteiger charge is -2.05. The number of nitrogens with zero attached hydrogens (tertiary/aromatic N) is 3. The van der Waals surface area contributed by atoms with Crippen LogP contribution in [0.4, 0.5) is 5.95 Å². The van der Waals surface area contributed by atoms with Crippen molar-refractivity contribution in [2.24, 2.45) is 0 Å². The molecule has 0 fully saturated rings. The fourth-order valence-corrected chi connectivity index (χ4v) is 1.07. The summed E-state index contributed by atoms with van der Waals surface area (Å²) in [6, 6.07) is 0.189. The van der Waals surface area contributed by atoms with Gasteiger partial charge in [0.15, 0.2) is 0 Å². The van der Waals surface area contributed by atoms with E-state index in [1.54, 1.807) is 0 Å². The first-order chi connectivity index (χ1) is 7.76. The molecule has 0 unspecified atom stereocenters. The normalized spacial score (nSPS) is 9.56. The van der Waals surface area contributed by atoms with Crippen LogP contribution in [0.25, 0.3) is 0 Å². The molecule has 1 aromatic heterocycles. The second kappa shape index (κ2) is 6.85. The van der Waals surface area contributed by atoms with E-state index in [9.17, 15) is 0 Å².